The van der Waals surface area contributed by atoms with Gasteiger partial charge >= 0.3 is 0 Å². The minimum absolute atomic E-state index is 0. The van der Waals surface area contributed by atoms with Crippen LogP contribution < -0.4 is 0 Å². The quantitative estimate of drug-likeness (QED) is 0.577. The Bertz CT molecular complexity index is 58.3. The Hall–Kier alpha value is 0.822. The zero-order valence-corrected chi connectivity index (χ0v) is 9.53. The monoisotopic (exact) mass is 177 g/mol. The summed E-state index contributed by atoms with van der Waals surface area (Å²) >= 11 is 0.720. The molecule has 61 valence electrons. The van der Waals surface area contributed by atoms with Crippen LogP contribution in [0.1, 0.15) is 40.5 Å². The number of hydrogen-bond acceptors (Lipinski definition) is 0. The summed E-state index contributed by atoms with van der Waals surface area (Å²) in [5.74, 6) is 0. The topological polar surface area (TPSA) is 0 Å². The zero-order valence-electron chi connectivity index (χ0n) is 7.55. The van der Waals surface area contributed by atoms with Gasteiger partial charge in [0.05, 0.1) is 0 Å². The van der Waals surface area contributed by atoms with Crippen molar-refractivity contribution in [1.82, 2.24) is 0 Å². The largest absolute Gasteiger partial charge is 0.209 e. The maximum absolute atomic E-state index is 2.38. The molecule has 2 heteroatoms. The van der Waals surface area contributed by atoms with E-state index in [1.165, 1.54) is 12.8 Å². The van der Waals surface area contributed by atoms with Crippen LogP contribution in [-0.4, -0.2) is 15.2 Å². The number of halogens is 1. The van der Waals surface area contributed by atoms with Crippen LogP contribution >= 0.6 is 12.4 Å². The molecule has 2 atom stereocenters. The van der Waals surface area contributed by atoms with E-state index in [-0.39, 0.29) is 12.4 Å². The van der Waals surface area contributed by atoms with E-state index in [4.69, 9.17) is 0 Å². The first kappa shape index (κ1) is 13.4. The molecule has 0 aliphatic heterocycles. The summed E-state index contributed by atoms with van der Waals surface area (Å²) in [6, 6.07) is 0. The Labute approximate surface area is 77.9 Å². The molecule has 0 bridgehead atoms. The van der Waals surface area contributed by atoms with Gasteiger partial charge in [0.2, 0.25) is 15.2 Å². The first-order chi connectivity index (χ1) is 4.20. The molecule has 0 saturated heterocycles. The maximum Gasteiger partial charge on any atom is 0.209 e. The molecule has 0 amide bonds. The fourth-order valence-electron chi connectivity index (χ4n) is 0.833. The van der Waals surface area contributed by atoms with Gasteiger partial charge in [-0.2, -0.15) is 0 Å². The molecular formula is C8H19AlCl. The molecule has 0 aromatic carbocycles. The fraction of sp³-hybridized carbons (Fsp3) is 1.00. The van der Waals surface area contributed by atoms with E-state index in [1.54, 1.807) is 0 Å². The normalized spacial score (nSPS) is 15.2. The minimum Gasteiger partial charge on any atom is -0.147 e. The summed E-state index contributed by atoms with van der Waals surface area (Å²) in [4.78, 5) is 0. The molecule has 0 heterocycles. The lowest BCUT2D eigenvalue weighted by Gasteiger charge is -2.10. The van der Waals surface area contributed by atoms with Crippen molar-refractivity contribution in [3.05, 3.63) is 0 Å². The van der Waals surface area contributed by atoms with Crippen LogP contribution in [0.15, 0.2) is 0 Å². The summed E-state index contributed by atoms with van der Waals surface area (Å²) in [6.45, 7) is 9.34. The first-order valence-corrected chi connectivity index (χ1v) is 5.39. The first-order valence-electron chi connectivity index (χ1n) is 4.05. The van der Waals surface area contributed by atoms with Gasteiger partial charge in [-0.15, -0.1) is 12.4 Å². The van der Waals surface area contributed by atoms with Crippen LogP contribution in [0.25, 0.3) is 0 Å². The van der Waals surface area contributed by atoms with Gasteiger partial charge in [0.25, 0.3) is 0 Å². The van der Waals surface area contributed by atoms with Crippen molar-refractivity contribution in [2.75, 3.05) is 0 Å². The molecule has 10 heavy (non-hydrogen) atoms. The summed E-state index contributed by atoms with van der Waals surface area (Å²) in [5, 5.41) is 0. The van der Waals surface area contributed by atoms with Gasteiger partial charge in [-0.3, -0.25) is 0 Å². The van der Waals surface area contributed by atoms with Gasteiger partial charge in [0.1, 0.15) is 0 Å². The Kier molecular flexibility index (Phi) is 10.6. The van der Waals surface area contributed by atoms with Crippen LogP contribution in [0.2, 0.25) is 9.56 Å². The molecule has 0 nitrogen and oxygen atoms in total. The number of rotatable bonds is 4. The summed E-state index contributed by atoms with van der Waals surface area (Å²) in [5.41, 5.74) is 0. The van der Waals surface area contributed by atoms with Gasteiger partial charge in [-0.05, 0) is 0 Å². The van der Waals surface area contributed by atoms with Crippen molar-refractivity contribution >= 4 is 27.6 Å². The molecule has 0 N–H and O–H groups in total. The van der Waals surface area contributed by atoms with Crippen molar-refractivity contribution in [1.29, 1.82) is 0 Å². The van der Waals surface area contributed by atoms with E-state index >= 15 is 0 Å². The molecular weight excluding hydrogens is 159 g/mol. The van der Waals surface area contributed by atoms with Gasteiger partial charge in [0, 0.05) is 0 Å². The van der Waals surface area contributed by atoms with Gasteiger partial charge in [0.15, 0.2) is 0 Å². The second kappa shape index (κ2) is 7.92. The Morgan fingerprint density at radius 2 is 1.30 bits per heavy atom. The highest BCUT2D eigenvalue weighted by atomic mass is 35.5. The SMILES string of the molecule is CC[CH](C)[Al][CH](C)CC.Cl. The third-order valence-electron chi connectivity index (χ3n) is 1.94. The highest BCUT2D eigenvalue weighted by Gasteiger charge is 2.06. The molecule has 2 unspecified atom stereocenters. The van der Waals surface area contributed by atoms with Crippen LogP contribution in [-0.2, 0) is 0 Å². The van der Waals surface area contributed by atoms with Crippen molar-refractivity contribution < 1.29 is 0 Å². The van der Waals surface area contributed by atoms with Crippen molar-refractivity contribution in [2.24, 2.45) is 0 Å². The minimum atomic E-state index is 0. The van der Waals surface area contributed by atoms with Crippen LogP contribution in [0.3, 0.4) is 0 Å². The fourth-order valence-corrected chi connectivity index (χ4v) is 2.50. The molecule has 0 aromatic heterocycles. The van der Waals surface area contributed by atoms with Crippen LogP contribution in [0.4, 0.5) is 0 Å². The van der Waals surface area contributed by atoms with E-state index in [0.717, 1.165) is 24.8 Å². The molecule has 0 aliphatic carbocycles. The van der Waals surface area contributed by atoms with E-state index in [1.807, 2.05) is 0 Å². The standard InChI is InChI=1S/2C4H9.Al.ClH/c2*1-3-4-2;;/h2*3H,4H2,1-2H3;;1H. The lowest BCUT2D eigenvalue weighted by molar-refractivity contribution is 0.803. The lowest BCUT2D eigenvalue weighted by atomic mass is 10.3. The zero-order chi connectivity index (χ0) is 7.28. The van der Waals surface area contributed by atoms with E-state index in [9.17, 15) is 0 Å². The van der Waals surface area contributed by atoms with Crippen molar-refractivity contribution in [2.45, 2.75) is 50.1 Å². The Morgan fingerprint density at radius 3 is 1.50 bits per heavy atom. The van der Waals surface area contributed by atoms with Gasteiger partial charge in [-0.1, -0.05) is 50.1 Å². The molecule has 0 aromatic rings. The molecule has 0 aliphatic rings. The molecule has 1 radical (unpaired) electrons. The lowest BCUT2D eigenvalue weighted by Crippen LogP contribution is -2.03. The molecule has 0 fully saturated rings. The highest BCUT2D eigenvalue weighted by Crippen LogP contribution is 2.16. The smallest absolute Gasteiger partial charge is 0.147 e. The third-order valence-corrected chi connectivity index (χ3v) is 4.20. The third kappa shape index (κ3) is 6.94. The second-order valence-corrected chi connectivity index (χ2v) is 5.62. The average Bonchev–Trinajstić information content (AvgIpc) is 1.87. The van der Waals surface area contributed by atoms with Crippen molar-refractivity contribution in [3.63, 3.8) is 0 Å². The average molecular weight is 178 g/mol. The molecule has 0 rings (SSSR count). The van der Waals surface area contributed by atoms with E-state index in [0.29, 0.717) is 0 Å². The maximum atomic E-state index is 2.38. The predicted octanol–water partition coefficient (Wildman–Crippen LogP) is 3.55. The summed E-state index contributed by atoms with van der Waals surface area (Å²) in [7, 11) is 0. The summed E-state index contributed by atoms with van der Waals surface area (Å²) in [6.07, 6.45) is 2.75. The van der Waals surface area contributed by atoms with Gasteiger partial charge < -0.3 is 0 Å². The Morgan fingerprint density at radius 1 is 1.00 bits per heavy atom. The molecule has 0 saturated carbocycles. The summed E-state index contributed by atoms with van der Waals surface area (Å²) < 4.78 is 2.03. The molecule has 0 spiro atoms. The van der Waals surface area contributed by atoms with Gasteiger partial charge in [-0.25, -0.2) is 0 Å². The predicted molar refractivity (Wildman–Crippen MR) is 52.4 cm³/mol. The van der Waals surface area contributed by atoms with E-state index < -0.39 is 0 Å². The van der Waals surface area contributed by atoms with Crippen LogP contribution in [0.5, 0.6) is 0 Å². The number of hydrogen-bond donors (Lipinski definition) is 0. The van der Waals surface area contributed by atoms with Crippen molar-refractivity contribution in [3.8, 4) is 0 Å². The van der Waals surface area contributed by atoms with E-state index in [2.05, 4.69) is 27.7 Å². The highest BCUT2D eigenvalue weighted by molar-refractivity contribution is 6.39. The Balaban J connectivity index is 0. The van der Waals surface area contributed by atoms with Crippen LogP contribution in [0, 0.1) is 0 Å². The second-order valence-electron chi connectivity index (χ2n) is 2.96.